The van der Waals surface area contributed by atoms with Crippen LogP contribution in [0.5, 0.6) is 0 Å². The number of alkyl halides is 7. The molecule has 67 valence electrons. The van der Waals surface area contributed by atoms with E-state index in [9.17, 15) is 30.7 Å². The molecule has 0 aromatic carbocycles. The molecule has 0 spiro atoms. The molecule has 0 aliphatic carbocycles. The van der Waals surface area contributed by atoms with Crippen molar-refractivity contribution in [2.45, 2.75) is 13.1 Å². The average molecular weight is 290 g/mol. The van der Waals surface area contributed by atoms with Crippen molar-refractivity contribution in [3.8, 4) is 0 Å². The zero-order valence-electron chi connectivity index (χ0n) is 4.80. The van der Waals surface area contributed by atoms with E-state index in [4.69, 9.17) is 0 Å². The summed E-state index contributed by atoms with van der Waals surface area (Å²) in [7, 11) is 0. The van der Waals surface area contributed by atoms with E-state index in [2.05, 4.69) is 0 Å². The van der Waals surface area contributed by atoms with E-state index in [0.29, 0.717) is 0 Å². The third-order valence-electron chi connectivity index (χ3n) is 0.798. The van der Waals surface area contributed by atoms with Crippen LogP contribution < -0.4 is 0 Å². The SMILES string of the molecule is F[CH](F)[Sn]([CH](F)F)[C](F)(F)F. The number of halogens is 7. The van der Waals surface area contributed by atoms with E-state index in [0.717, 1.165) is 0 Å². The fraction of sp³-hybridized carbons (Fsp3) is 1.00. The summed E-state index contributed by atoms with van der Waals surface area (Å²) in [6.45, 7) is 0. The number of hydrogen-bond donors (Lipinski definition) is 0. The minimum absolute atomic E-state index is 3.88. The molecule has 0 N–H and O–H groups in total. The van der Waals surface area contributed by atoms with Crippen LogP contribution in [-0.2, 0) is 0 Å². The van der Waals surface area contributed by atoms with Gasteiger partial charge in [-0.15, -0.1) is 0 Å². The van der Waals surface area contributed by atoms with Crippen LogP contribution in [-0.4, -0.2) is 32.8 Å². The molecule has 0 aliphatic rings. The van der Waals surface area contributed by atoms with E-state index < -0.39 is 32.8 Å². The van der Waals surface area contributed by atoms with Crippen molar-refractivity contribution in [2.24, 2.45) is 0 Å². The Labute approximate surface area is 64.1 Å². The molecule has 0 rings (SSSR count). The summed E-state index contributed by atoms with van der Waals surface area (Å²) in [5.74, 6) is 0. The van der Waals surface area contributed by atoms with Crippen LogP contribution in [0, 0.1) is 0 Å². The van der Waals surface area contributed by atoms with Gasteiger partial charge in [0.15, 0.2) is 0 Å². The Hall–Kier alpha value is 0.309. The molecular formula is C3H2F7Sn. The first-order valence-corrected chi connectivity index (χ1v) is 6.99. The maximum atomic E-state index is 11.3. The Bertz CT molecular complexity index is 109. The standard InChI is InChI=1S/CF3.2CHF2.Sn/c2-1(3)4;2*2-1-3;/h;2*1H;. The number of hydrogen-bond acceptors (Lipinski definition) is 0. The summed E-state index contributed by atoms with van der Waals surface area (Å²) in [5.41, 5.74) is 0. The number of rotatable bonds is 2. The van der Waals surface area contributed by atoms with Crippen LogP contribution >= 0.6 is 0 Å². The summed E-state index contributed by atoms with van der Waals surface area (Å²) in [5, 5.41) is 0. The summed E-state index contributed by atoms with van der Waals surface area (Å²) in [4.78, 5) is 0. The summed E-state index contributed by atoms with van der Waals surface area (Å²) in [6.07, 6.45) is 0. The molecule has 0 unspecified atom stereocenters. The zero-order valence-corrected chi connectivity index (χ0v) is 7.65. The van der Waals surface area contributed by atoms with Crippen LogP contribution in [0.25, 0.3) is 0 Å². The van der Waals surface area contributed by atoms with Crippen LogP contribution in [0.4, 0.5) is 30.7 Å². The third kappa shape index (κ3) is 3.48. The van der Waals surface area contributed by atoms with E-state index in [1.165, 1.54) is 0 Å². The predicted molar refractivity (Wildman–Crippen MR) is 23.8 cm³/mol. The molecular weight excluding hydrogens is 288 g/mol. The van der Waals surface area contributed by atoms with Gasteiger partial charge < -0.3 is 0 Å². The molecule has 0 heterocycles. The fourth-order valence-corrected chi connectivity index (χ4v) is 2.30. The van der Waals surface area contributed by atoms with Crippen LogP contribution in [0.2, 0.25) is 0 Å². The van der Waals surface area contributed by atoms with Crippen molar-refractivity contribution in [1.82, 2.24) is 0 Å². The van der Waals surface area contributed by atoms with Crippen molar-refractivity contribution >= 4 is 19.8 Å². The van der Waals surface area contributed by atoms with Crippen molar-refractivity contribution in [3.05, 3.63) is 0 Å². The molecule has 0 aromatic rings. The summed E-state index contributed by atoms with van der Waals surface area (Å²) >= 11 is -5.82. The molecule has 1 radical (unpaired) electrons. The molecule has 0 nitrogen and oxygen atoms in total. The van der Waals surface area contributed by atoms with Gasteiger partial charge in [-0.3, -0.25) is 0 Å². The second-order valence-corrected chi connectivity index (χ2v) is 8.26. The molecule has 0 saturated carbocycles. The van der Waals surface area contributed by atoms with Crippen molar-refractivity contribution < 1.29 is 30.7 Å². The van der Waals surface area contributed by atoms with E-state index in [1.54, 1.807) is 0 Å². The van der Waals surface area contributed by atoms with Gasteiger partial charge in [0.05, 0.1) is 0 Å². The fourth-order valence-electron chi connectivity index (χ4n) is 0.343. The Morgan fingerprint density at radius 3 is 1.09 bits per heavy atom. The monoisotopic (exact) mass is 291 g/mol. The molecule has 0 atom stereocenters. The van der Waals surface area contributed by atoms with E-state index in [-0.39, 0.29) is 0 Å². The first-order chi connectivity index (χ1) is 4.76. The molecule has 0 saturated heterocycles. The van der Waals surface area contributed by atoms with E-state index in [1.807, 2.05) is 0 Å². The van der Waals surface area contributed by atoms with Crippen LogP contribution in [0.15, 0.2) is 0 Å². The van der Waals surface area contributed by atoms with Gasteiger partial charge in [0.25, 0.3) is 0 Å². The van der Waals surface area contributed by atoms with Gasteiger partial charge in [-0.1, -0.05) is 0 Å². The molecule has 0 aromatic heterocycles. The topological polar surface area (TPSA) is 0 Å². The summed E-state index contributed by atoms with van der Waals surface area (Å²) in [6, 6.07) is 0. The quantitative estimate of drug-likeness (QED) is 0.540. The molecule has 0 amide bonds. The Morgan fingerprint density at radius 2 is 1.09 bits per heavy atom. The molecule has 8 heteroatoms. The first-order valence-electron chi connectivity index (χ1n) is 2.27. The van der Waals surface area contributed by atoms with E-state index >= 15 is 0 Å². The van der Waals surface area contributed by atoms with Crippen molar-refractivity contribution in [2.75, 3.05) is 0 Å². The van der Waals surface area contributed by atoms with Gasteiger partial charge in [0, 0.05) is 0 Å². The Kier molecular flexibility index (Phi) is 3.92. The predicted octanol–water partition coefficient (Wildman–Crippen LogP) is 2.19. The average Bonchev–Trinajstić information content (AvgIpc) is 1.54. The van der Waals surface area contributed by atoms with Gasteiger partial charge >= 0.3 is 63.6 Å². The van der Waals surface area contributed by atoms with Gasteiger partial charge in [-0.05, 0) is 0 Å². The maximum absolute atomic E-state index is 11.3. The van der Waals surface area contributed by atoms with Gasteiger partial charge in [0.2, 0.25) is 0 Å². The zero-order chi connectivity index (χ0) is 9.23. The second kappa shape index (κ2) is 3.81. The van der Waals surface area contributed by atoms with Gasteiger partial charge in [0.1, 0.15) is 0 Å². The van der Waals surface area contributed by atoms with Gasteiger partial charge in [-0.2, -0.15) is 0 Å². The van der Waals surface area contributed by atoms with Crippen LogP contribution in [0.1, 0.15) is 0 Å². The third-order valence-corrected chi connectivity index (χ3v) is 5.35. The Morgan fingerprint density at radius 1 is 0.818 bits per heavy atom. The molecule has 0 aliphatic heterocycles. The summed E-state index contributed by atoms with van der Waals surface area (Å²) < 4.78 is 66.3. The molecule has 0 fully saturated rings. The first kappa shape index (κ1) is 11.3. The molecule has 11 heavy (non-hydrogen) atoms. The van der Waals surface area contributed by atoms with Crippen LogP contribution in [0.3, 0.4) is 0 Å². The van der Waals surface area contributed by atoms with Gasteiger partial charge in [-0.25, -0.2) is 0 Å². The minimum atomic E-state index is -5.82. The van der Waals surface area contributed by atoms with Crippen molar-refractivity contribution in [1.29, 1.82) is 0 Å². The second-order valence-electron chi connectivity index (χ2n) is 1.55. The normalized spacial score (nSPS) is 13.6. The molecule has 0 bridgehead atoms. The van der Waals surface area contributed by atoms with Crippen molar-refractivity contribution in [3.63, 3.8) is 0 Å². The Balaban J connectivity index is 4.35.